The van der Waals surface area contributed by atoms with E-state index in [2.05, 4.69) is 5.32 Å². The number of nitrogens with one attached hydrogen (secondary N) is 1. The largest absolute Gasteiger partial charge is 0.311 e. The molecule has 2 heterocycles. The Morgan fingerprint density at radius 2 is 1.75 bits per heavy atom. The third kappa shape index (κ3) is 4.81. The molecule has 28 heavy (non-hydrogen) atoms. The molecule has 0 amide bonds. The molecule has 1 aromatic carbocycles. The summed E-state index contributed by atoms with van der Waals surface area (Å²) in [6, 6.07) is 8.44. The lowest BCUT2D eigenvalue weighted by Crippen LogP contribution is -2.43. The fraction of sp³-hybridized carbons (Fsp3) is 0.375. The summed E-state index contributed by atoms with van der Waals surface area (Å²) in [5, 5.41) is 8.73. The van der Waals surface area contributed by atoms with Crippen molar-refractivity contribution in [1.82, 2.24) is 5.32 Å². The highest BCUT2D eigenvalue weighted by atomic mass is 32.2. The number of sulfone groups is 2. The first kappa shape index (κ1) is 21.4. The van der Waals surface area contributed by atoms with Crippen LogP contribution < -0.4 is 10.5 Å². The number of benzene rings is 1. The van der Waals surface area contributed by atoms with Crippen LogP contribution in [0.5, 0.6) is 0 Å². The van der Waals surface area contributed by atoms with Crippen molar-refractivity contribution in [2.75, 3.05) is 18.1 Å². The summed E-state index contributed by atoms with van der Waals surface area (Å²) in [5.41, 5.74) is 0.818. The van der Waals surface area contributed by atoms with E-state index in [0.29, 0.717) is 13.0 Å². The van der Waals surface area contributed by atoms with Gasteiger partial charge in [-0.05, 0) is 42.1 Å². The molecule has 2 aromatic rings. The normalized spacial score (nSPS) is 22.3. The van der Waals surface area contributed by atoms with E-state index in [0.717, 1.165) is 16.9 Å². The number of primary sulfonamides is 1. The van der Waals surface area contributed by atoms with Crippen molar-refractivity contribution < 1.29 is 25.3 Å². The van der Waals surface area contributed by atoms with Gasteiger partial charge in [0.2, 0.25) is 10.0 Å². The lowest BCUT2D eigenvalue weighted by Gasteiger charge is -2.19. The molecular formula is C16H20N2O6S4. The molecule has 8 nitrogen and oxygen atoms in total. The van der Waals surface area contributed by atoms with Gasteiger partial charge in [0.25, 0.3) is 0 Å². The Bertz CT molecular complexity index is 1140. The Morgan fingerprint density at radius 3 is 2.32 bits per heavy atom. The summed E-state index contributed by atoms with van der Waals surface area (Å²) in [6.07, 6.45) is 0.479. The summed E-state index contributed by atoms with van der Waals surface area (Å²) in [4.78, 5) is 0.00759. The van der Waals surface area contributed by atoms with Gasteiger partial charge in [-0.1, -0.05) is 18.2 Å². The van der Waals surface area contributed by atoms with Crippen LogP contribution in [0.3, 0.4) is 0 Å². The van der Waals surface area contributed by atoms with Crippen molar-refractivity contribution in [3.05, 3.63) is 47.3 Å². The van der Waals surface area contributed by atoms with E-state index < -0.39 is 46.7 Å². The average Bonchev–Trinajstić information content (AvgIpc) is 3.23. The van der Waals surface area contributed by atoms with E-state index in [9.17, 15) is 25.3 Å². The zero-order chi connectivity index (χ0) is 20.6. The first-order valence-electron chi connectivity index (χ1n) is 8.32. The van der Waals surface area contributed by atoms with E-state index in [1.807, 2.05) is 0 Å². The maximum absolute atomic E-state index is 12.8. The summed E-state index contributed by atoms with van der Waals surface area (Å²) in [6.45, 7) is 0.353. The van der Waals surface area contributed by atoms with Crippen LogP contribution in [0, 0.1) is 0 Å². The molecular weight excluding hydrogens is 444 g/mol. The molecule has 154 valence electrons. The van der Waals surface area contributed by atoms with Crippen LogP contribution in [-0.4, -0.2) is 54.6 Å². The Kier molecular flexibility index (Phi) is 5.99. The van der Waals surface area contributed by atoms with Crippen molar-refractivity contribution in [3.8, 4) is 0 Å². The summed E-state index contributed by atoms with van der Waals surface area (Å²) >= 11 is 1.07. The Hall–Kier alpha value is -1.31. The first-order valence-corrected chi connectivity index (χ1v) is 14.1. The first-order chi connectivity index (χ1) is 13.0. The summed E-state index contributed by atoms with van der Waals surface area (Å²) in [5.74, 6) is -0.624. The number of rotatable bonds is 7. The second kappa shape index (κ2) is 7.84. The molecule has 1 aliphatic rings. The molecule has 0 radical (unpaired) electrons. The van der Waals surface area contributed by atoms with Gasteiger partial charge in [-0.3, -0.25) is 0 Å². The molecule has 1 fully saturated rings. The van der Waals surface area contributed by atoms with Crippen LogP contribution in [0.4, 0.5) is 0 Å². The van der Waals surface area contributed by atoms with Crippen LogP contribution in [0.2, 0.25) is 0 Å². The Balaban J connectivity index is 1.68. The van der Waals surface area contributed by atoms with Gasteiger partial charge in [0.05, 0.1) is 21.7 Å². The summed E-state index contributed by atoms with van der Waals surface area (Å²) < 4.78 is 72.4. The second-order valence-electron chi connectivity index (χ2n) is 6.59. The number of nitrogens with two attached hydrogens (primary N) is 1. The predicted octanol–water partition coefficient (Wildman–Crippen LogP) is 0.167. The quantitative estimate of drug-likeness (QED) is 0.595. The van der Waals surface area contributed by atoms with Gasteiger partial charge in [-0.2, -0.15) is 0 Å². The number of thiophene rings is 1. The van der Waals surface area contributed by atoms with Gasteiger partial charge in [-0.25, -0.2) is 30.4 Å². The molecule has 0 bridgehead atoms. The SMILES string of the molecule is NS(=O)(=O)c1ccc(CCN[C@@H]2CS(=O)(=O)C[C@H]2S(=O)(=O)c2cccs2)cc1. The van der Waals surface area contributed by atoms with Crippen molar-refractivity contribution in [2.24, 2.45) is 5.14 Å². The molecule has 1 aromatic heterocycles. The third-order valence-electron chi connectivity index (χ3n) is 4.55. The zero-order valence-electron chi connectivity index (χ0n) is 14.7. The highest BCUT2D eigenvalue weighted by Crippen LogP contribution is 2.28. The molecule has 0 spiro atoms. The molecule has 1 aliphatic heterocycles. The van der Waals surface area contributed by atoms with Crippen LogP contribution in [0.15, 0.2) is 50.9 Å². The van der Waals surface area contributed by atoms with E-state index in [1.54, 1.807) is 23.6 Å². The molecule has 0 aliphatic carbocycles. The van der Waals surface area contributed by atoms with Crippen LogP contribution in [0.25, 0.3) is 0 Å². The molecule has 2 atom stereocenters. The number of hydrogen-bond acceptors (Lipinski definition) is 8. The Labute approximate surface area is 168 Å². The lowest BCUT2D eigenvalue weighted by molar-refractivity contribution is 0.529. The Morgan fingerprint density at radius 1 is 1.07 bits per heavy atom. The second-order valence-corrected chi connectivity index (χ2v) is 13.6. The lowest BCUT2D eigenvalue weighted by atomic mass is 10.1. The molecule has 12 heteroatoms. The van der Waals surface area contributed by atoms with Crippen molar-refractivity contribution in [2.45, 2.75) is 26.8 Å². The molecule has 0 saturated carbocycles. The van der Waals surface area contributed by atoms with Gasteiger partial charge < -0.3 is 5.32 Å². The average molecular weight is 465 g/mol. The molecule has 0 unspecified atom stereocenters. The maximum atomic E-state index is 12.8. The van der Waals surface area contributed by atoms with Gasteiger partial charge in [0.15, 0.2) is 19.7 Å². The fourth-order valence-corrected chi connectivity index (χ4v) is 9.59. The number of sulfonamides is 1. The van der Waals surface area contributed by atoms with Crippen LogP contribution in [-0.2, 0) is 36.1 Å². The zero-order valence-corrected chi connectivity index (χ0v) is 18.0. The molecule has 3 N–H and O–H groups in total. The van der Waals surface area contributed by atoms with E-state index in [-0.39, 0.29) is 14.9 Å². The third-order valence-corrected chi connectivity index (χ3v) is 11.1. The van der Waals surface area contributed by atoms with Crippen molar-refractivity contribution in [1.29, 1.82) is 0 Å². The minimum Gasteiger partial charge on any atom is -0.311 e. The minimum absolute atomic E-state index is 0.00759. The highest BCUT2D eigenvalue weighted by Gasteiger charge is 2.45. The fourth-order valence-electron chi connectivity index (χ4n) is 3.13. The monoisotopic (exact) mass is 464 g/mol. The van der Waals surface area contributed by atoms with E-state index in [4.69, 9.17) is 5.14 Å². The van der Waals surface area contributed by atoms with Crippen molar-refractivity contribution in [3.63, 3.8) is 0 Å². The van der Waals surface area contributed by atoms with E-state index >= 15 is 0 Å². The van der Waals surface area contributed by atoms with Gasteiger partial charge in [0, 0.05) is 6.04 Å². The predicted molar refractivity (Wildman–Crippen MR) is 107 cm³/mol. The smallest absolute Gasteiger partial charge is 0.238 e. The highest BCUT2D eigenvalue weighted by molar-refractivity contribution is 7.97. The van der Waals surface area contributed by atoms with Crippen molar-refractivity contribution >= 4 is 41.0 Å². The topological polar surface area (TPSA) is 140 Å². The van der Waals surface area contributed by atoms with Gasteiger partial charge in [0.1, 0.15) is 4.21 Å². The van der Waals surface area contributed by atoms with Gasteiger partial charge >= 0.3 is 0 Å². The standard InChI is InChI=1S/C16H20N2O6S4/c17-28(23,24)13-5-3-12(4-6-13)7-8-18-14-10-26(19,20)11-15(14)27(21,22)16-2-1-9-25-16/h1-6,9,14-15,18H,7-8,10-11H2,(H2,17,23,24)/t14-,15-/m1/s1. The number of hydrogen-bond donors (Lipinski definition) is 2. The summed E-state index contributed by atoms with van der Waals surface area (Å²) in [7, 11) is -10.9. The molecule has 1 saturated heterocycles. The van der Waals surface area contributed by atoms with Crippen LogP contribution in [0.1, 0.15) is 5.56 Å². The van der Waals surface area contributed by atoms with E-state index in [1.165, 1.54) is 18.2 Å². The molecule has 3 rings (SSSR count). The van der Waals surface area contributed by atoms with Gasteiger partial charge in [-0.15, -0.1) is 11.3 Å². The van der Waals surface area contributed by atoms with Crippen LogP contribution >= 0.6 is 11.3 Å². The minimum atomic E-state index is -3.76. The maximum Gasteiger partial charge on any atom is 0.238 e.